The number of anilines is 1. The van der Waals surface area contributed by atoms with Crippen molar-refractivity contribution in [3.05, 3.63) is 45.8 Å². The Labute approximate surface area is 159 Å². The lowest BCUT2D eigenvalue weighted by molar-refractivity contribution is 0.0940. The lowest BCUT2D eigenvalue weighted by atomic mass is 10.0. The zero-order valence-corrected chi connectivity index (χ0v) is 16.1. The van der Waals surface area contributed by atoms with Crippen LogP contribution in [-0.4, -0.2) is 33.6 Å². The smallest absolute Gasteiger partial charge is 0.274 e. The fourth-order valence-electron chi connectivity index (χ4n) is 3.30. The molecule has 0 saturated carbocycles. The summed E-state index contributed by atoms with van der Waals surface area (Å²) in [6, 6.07) is 4.86. The summed E-state index contributed by atoms with van der Waals surface area (Å²) in [5.41, 5.74) is -0.267. The predicted molar refractivity (Wildman–Crippen MR) is 102 cm³/mol. The van der Waals surface area contributed by atoms with Gasteiger partial charge in [0, 0.05) is 19.2 Å². The average molecular weight is 387 g/mol. The molecule has 4 heterocycles. The average Bonchev–Trinajstić information content (AvgIpc) is 3.25. The first-order chi connectivity index (χ1) is 13.0. The van der Waals surface area contributed by atoms with Gasteiger partial charge >= 0.3 is 0 Å². The molecule has 4 rings (SSSR count). The van der Waals surface area contributed by atoms with Crippen LogP contribution >= 0.6 is 11.3 Å². The normalized spacial score (nSPS) is 17.4. The standard InChI is InChI=1S/C18H21N5O3S/c1-11-4-3-7-22(10-11)18-21-23-14(8-15(24)20-17(23)27-18)16(25)19-9-13-6-5-12(2)26-13/h5-6,8,11H,3-4,7,9-10H2,1-2H3,(H,19,25)/t11-/m1/s1. The van der Waals surface area contributed by atoms with Gasteiger partial charge < -0.3 is 14.6 Å². The van der Waals surface area contributed by atoms with Crippen molar-refractivity contribution in [1.82, 2.24) is 19.9 Å². The molecule has 3 aromatic rings. The maximum Gasteiger partial charge on any atom is 0.274 e. The van der Waals surface area contributed by atoms with Gasteiger partial charge in [-0.15, -0.1) is 5.10 Å². The second kappa shape index (κ2) is 7.15. The monoisotopic (exact) mass is 387 g/mol. The molecule has 0 aliphatic carbocycles. The van der Waals surface area contributed by atoms with Gasteiger partial charge in [-0.3, -0.25) is 9.59 Å². The molecule has 3 aromatic heterocycles. The highest BCUT2D eigenvalue weighted by Gasteiger charge is 2.22. The minimum atomic E-state index is -0.448. The highest BCUT2D eigenvalue weighted by atomic mass is 32.1. The SMILES string of the molecule is Cc1ccc(CNC(=O)c2cc(=O)nc3sc(N4CCC[C@@H](C)C4)nn23)o1. The van der Waals surface area contributed by atoms with E-state index in [-0.39, 0.29) is 18.1 Å². The molecule has 0 unspecified atom stereocenters. The number of carbonyl (C=O) groups excluding carboxylic acids is 1. The highest BCUT2D eigenvalue weighted by molar-refractivity contribution is 7.20. The second-order valence-corrected chi connectivity index (χ2v) is 7.88. The molecule has 1 N–H and O–H groups in total. The fourth-order valence-corrected chi connectivity index (χ4v) is 4.24. The molecule has 27 heavy (non-hydrogen) atoms. The van der Waals surface area contributed by atoms with Crippen molar-refractivity contribution in [1.29, 1.82) is 0 Å². The molecule has 0 radical (unpaired) electrons. The Hall–Kier alpha value is -2.68. The number of aryl methyl sites for hydroxylation is 1. The van der Waals surface area contributed by atoms with Crippen LogP contribution in [-0.2, 0) is 6.54 Å². The van der Waals surface area contributed by atoms with Gasteiger partial charge in [0.1, 0.15) is 17.2 Å². The van der Waals surface area contributed by atoms with Gasteiger partial charge in [0.05, 0.1) is 6.54 Å². The van der Waals surface area contributed by atoms with E-state index in [0.717, 1.165) is 30.4 Å². The molecule has 1 aliphatic heterocycles. The molecular weight excluding hydrogens is 366 g/mol. The number of furan rings is 1. The summed E-state index contributed by atoms with van der Waals surface area (Å²) in [4.78, 5) is 31.2. The third kappa shape index (κ3) is 3.73. The van der Waals surface area contributed by atoms with E-state index in [1.807, 2.05) is 19.1 Å². The number of aromatic nitrogens is 3. The first-order valence-corrected chi connectivity index (χ1v) is 9.80. The van der Waals surface area contributed by atoms with Crippen molar-refractivity contribution in [2.75, 3.05) is 18.0 Å². The Morgan fingerprint density at radius 3 is 3.04 bits per heavy atom. The van der Waals surface area contributed by atoms with Gasteiger partial charge in [-0.1, -0.05) is 18.3 Å². The van der Waals surface area contributed by atoms with Crippen molar-refractivity contribution in [3.8, 4) is 0 Å². The molecule has 1 aliphatic rings. The molecule has 8 nitrogen and oxygen atoms in total. The predicted octanol–water partition coefficient (Wildman–Crippen LogP) is 2.22. The number of nitrogens with zero attached hydrogens (tertiary/aromatic N) is 4. The van der Waals surface area contributed by atoms with Crippen LogP contribution in [0.15, 0.2) is 27.4 Å². The van der Waals surface area contributed by atoms with Crippen molar-refractivity contribution in [2.24, 2.45) is 5.92 Å². The number of amides is 1. The summed E-state index contributed by atoms with van der Waals surface area (Å²) in [7, 11) is 0. The van der Waals surface area contributed by atoms with Crippen LogP contribution in [0.3, 0.4) is 0 Å². The van der Waals surface area contributed by atoms with E-state index in [1.165, 1.54) is 28.3 Å². The molecule has 0 aromatic carbocycles. The summed E-state index contributed by atoms with van der Waals surface area (Å²) in [5.74, 6) is 1.64. The molecule has 0 bridgehead atoms. The van der Waals surface area contributed by atoms with Crippen LogP contribution in [0.4, 0.5) is 5.13 Å². The summed E-state index contributed by atoms with van der Waals surface area (Å²) in [6.45, 7) is 6.15. The first-order valence-electron chi connectivity index (χ1n) is 8.99. The number of hydrogen-bond donors (Lipinski definition) is 1. The molecule has 142 valence electrons. The Morgan fingerprint density at radius 1 is 1.44 bits per heavy atom. The minimum absolute atomic E-state index is 0.181. The third-order valence-corrected chi connectivity index (χ3v) is 5.59. The number of nitrogens with one attached hydrogen (secondary N) is 1. The van der Waals surface area contributed by atoms with Crippen molar-refractivity contribution < 1.29 is 9.21 Å². The Morgan fingerprint density at radius 2 is 2.30 bits per heavy atom. The van der Waals surface area contributed by atoms with E-state index in [1.54, 1.807) is 0 Å². The van der Waals surface area contributed by atoms with Gasteiger partial charge in [0.25, 0.3) is 11.5 Å². The molecule has 1 fully saturated rings. The van der Waals surface area contributed by atoms with Gasteiger partial charge in [0.15, 0.2) is 0 Å². The second-order valence-electron chi connectivity index (χ2n) is 6.95. The van der Waals surface area contributed by atoms with Crippen LogP contribution in [0.2, 0.25) is 0 Å². The minimum Gasteiger partial charge on any atom is -0.465 e. The zero-order valence-electron chi connectivity index (χ0n) is 15.3. The van der Waals surface area contributed by atoms with E-state index < -0.39 is 5.56 Å². The van der Waals surface area contributed by atoms with Gasteiger partial charge in [-0.05, 0) is 37.8 Å². The van der Waals surface area contributed by atoms with Crippen molar-refractivity contribution in [2.45, 2.75) is 33.2 Å². The lowest BCUT2D eigenvalue weighted by Crippen LogP contribution is -2.34. The van der Waals surface area contributed by atoms with Gasteiger partial charge in [-0.25, -0.2) is 0 Å². The number of piperidine rings is 1. The van der Waals surface area contributed by atoms with E-state index >= 15 is 0 Å². The first kappa shape index (κ1) is 17.7. The summed E-state index contributed by atoms with van der Waals surface area (Å²) >= 11 is 1.34. The lowest BCUT2D eigenvalue weighted by Gasteiger charge is -2.30. The van der Waals surface area contributed by atoms with Gasteiger partial charge in [0.2, 0.25) is 10.1 Å². The van der Waals surface area contributed by atoms with E-state index in [2.05, 4.69) is 27.2 Å². The Balaban J connectivity index is 1.61. The maximum absolute atomic E-state index is 12.6. The van der Waals surface area contributed by atoms with Crippen LogP contribution in [0, 0.1) is 12.8 Å². The topological polar surface area (TPSA) is 92.7 Å². The van der Waals surface area contributed by atoms with Crippen LogP contribution < -0.4 is 15.8 Å². The zero-order chi connectivity index (χ0) is 19.0. The third-order valence-electron chi connectivity index (χ3n) is 4.62. The fraction of sp³-hybridized carbons (Fsp3) is 0.444. The number of hydrogen-bond acceptors (Lipinski definition) is 7. The van der Waals surface area contributed by atoms with Crippen molar-refractivity contribution >= 4 is 27.3 Å². The summed E-state index contributed by atoms with van der Waals surface area (Å²) < 4.78 is 6.92. The van der Waals surface area contributed by atoms with E-state index in [9.17, 15) is 9.59 Å². The molecule has 1 atom stereocenters. The number of carbonyl (C=O) groups is 1. The van der Waals surface area contributed by atoms with Crippen LogP contribution in [0.25, 0.3) is 4.96 Å². The molecule has 9 heteroatoms. The number of fused-ring (bicyclic) bond motifs is 1. The summed E-state index contributed by atoms with van der Waals surface area (Å²) in [5, 5.41) is 8.13. The van der Waals surface area contributed by atoms with Crippen LogP contribution in [0.1, 0.15) is 41.8 Å². The van der Waals surface area contributed by atoms with E-state index in [0.29, 0.717) is 16.6 Å². The molecule has 1 saturated heterocycles. The van der Waals surface area contributed by atoms with Crippen LogP contribution in [0.5, 0.6) is 0 Å². The maximum atomic E-state index is 12.6. The molecular formula is C18H21N5O3S. The highest BCUT2D eigenvalue weighted by Crippen LogP contribution is 2.27. The van der Waals surface area contributed by atoms with Crippen molar-refractivity contribution in [3.63, 3.8) is 0 Å². The quantitative estimate of drug-likeness (QED) is 0.738. The van der Waals surface area contributed by atoms with E-state index in [4.69, 9.17) is 4.42 Å². The summed E-state index contributed by atoms with van der Waals surface area (Å²) in [6.07, 6.45) is 2.31. The Kier molecular flexibility index (Phi) is 4.69. The largest absolute Gasteiger partial charge is 0.465 e. The molecule has 0 spiro atoms. The molecule has 1 amide bonds. The Bertz CT molecular complexity index is 1040. The van der Waals surface area contributed by atoms with Gasteiger partial charge in [-0.2, -0.15) is 9.50 Å². The number of rotatable bonds is 4.